The molecular formula is C20H25NO4S. The molecule has 5 nitrogen and oxygen atoms in total. The summed E-state index contributed by atoms with van der Waals surface area (Å²) in [5, 5.41) is 9.75. The Morgan fingerprint density at radius 3 is 2.58 bits per heavy atom. The molecule has 3 rings (SSSR count). The molecule has 1 aromatic rings. The van der Waals surface area contributed by atoms with E-state index in [2.05, 4.69) is 0 Å². The molecule has 0 spiro atoms. The first kappa shape index (κ1) is 18.7. The first-order chi connectivity index (χ1) is 12.5. The van der Waals surface area contributed by atoms with Crippen molar-refractivity contribution >= 4 is 16.9 Å². The summed E-state index contributed by atoms with van der Waals surface area (Å²) in [6.45, 7) is 3.93. The minimum atomic E-state index is -0.778. The van der Waals surface area contributed by atoms with Gasteiger partial charge in [-0.05, 0) is 56.2 Å². The van der Waals surface area contributed by atoms with Crippen molar-refractivity contribution in [2.45, 2.75) is 32.5 Å². The highest BCUT2D eigenvalue weighted by atomic mass is 32.2. The zero-order valence-electron chi connectivity index (χ0n) is 15.3. The van der Waals surface area contributed by atoms with Crippen LogP contribution < -0.4 is 9.47 Å². The normalized spacial score (nSPS) is 23.9. The molecule has 0 radical (unpaired) electrons. The molecule has 2 atom stereocenters. The predicted octanol–water partition coefficient (Wildman–Crippen LogP) is 3.05. The van der Waals surface area contributed by atoms with Crippen molar-refractivity contribution in [3.8, 4) is 11.5 Å². The Bertz CT molecular complexity index is 764. The molecule has 2 aliphatic rings. The van der Waals surface area contributed by atoms with E-state index in [1.165, 1.54) is 0 Å². The van der Waals surface area contributed by atoms with Gasteiger partial charge in [0.25, 0.3) is 0 Å². The van der Waals surface area contributed by atoms with Gasteiger partial charge in [-0.2, -0.15) is 0 Å². The van der Waals surface area contributed by atoms with Crippen molar-refractivity contribution in [2.24, 2.45) is 0 Å². The Labute approximate surface area is 157 Å². The van der Waals surface area contributed by atoms with Crippen LogP contribution in [0, 0.1) is 0 Å². The van der Waals surface area contributed by atoms with Crippen LogP contribution in [0.1, 0.15) is 25.8 Å². The maximum atomic E-state index is 11.6. The SMILES string of the molecule is COc1ccc(/C=C/N2C(C)=CC(O)C=C2C)cc1O[C@H]1CCS(=O)C1. The van der Waals surface area contributed by atoms with Gasteiger partial charge in [0.05, 0.1) is 19.0 Å². The fourth-order valence-corrected chi connectivity index (χ4v) is 4.52. The van der Waals surface area contributed by atoms with Crippen LogP contribution in [0.15, 0.2) is 47.9 Å². The van der Waals surface area contributed by atoms with Gasteiger partial charge in [-0.1, -0.05) is 6.07 Å². The van der Waals surface area contributed by atoms with Gasteiger partial charge >= 0.3 is 0 Å². The van der Waals surface area contributed by atoms with Crippen LogP contribution >= 0.6 is 0 Å². The highest BCUT2D eigenvalue weighted by molar-refractivity contribution is 7.85. The Morgan fingerprint density at radius 2 is 1.96 bits per heavy atom. The van der Waals surface area contributed by atoms with Crippen molar-refractivity contribution in [1.29, 1.82) is 0 Å². The van der Waals surface area contributed by atoms with E-state index in [9.17, 15) is 9.32 Å². The molecule has 6 heteroatoms. The summed E-state index contributed by atoms with van der Waals surface area (Å²) in [6, 6.07) is 5.78. The van der Waals surface area contributed by atoms with Gasteiger partial charge in [0.1, 0.15) is 6.10 Å². The second-order valence-corrected chi connectivity index (χ2v) is 8.16. The molecule has 2 heterocycles. The summed E-state index contributed by atoms with van der Waals surface area (Å²) >= 11 is 0. The van der Waals surface area contributed by atoms with Gasteiger partial charge in [0.2, 0.25) is 0 Å². The summed E-state index contributed by atoms with van der Waals surface area (Å²) in [5.41, 5.74) is 2.94. The Kier molecular flexibility index (Phi) is 5.84. The largest absolute Gasteiger partial charge is 0.493 e. The highest BCUT2D eigenvalue weighted by Crippen LogP contribution is 2.31. The zero-order chi connectivity index (χ0) is 18.7. The van der Waals surface area contributed by atoms with E-state index in [-0.39, 0.29) is 6.10 Å². The Balaban J connectivity index is 1.78. The van der Waals surface area contributed by atoms with Gasteiger partial charge in [-0.15, -0.1) is 0 Å². The van der Waals surface area contributed by atoms with Crippen molar-refractivity contribution in [2.75, 3.05) is 18.6 Å². The number of hydrogen-bond donors (Lipinski definition) is 1. The van der Waals surface area contributed by atoms with Gasteiger partial charge in [-0.25, -0.2) is 0 Å². The maximum Gasteiger partial charge on any atom is 0.162 e. The molecule has 1 fully saturated rings. The van der Waals surface area contributed by atoms with E-state index in [1.807, 2.05) is 49.2 Å². The van der Waals surface area contributed by atoms with E-state index >= 15 is 0 Å². The number of ether oxygens (including phenoxy) is 2. The lowest BCUT2D eigenvalue weighted by Gasteiger charge is -2.27. The van der Waals surface area contributed by atoms with Crippen molar-refractivity contribution in [3.05, 3.63) is 53.5 Å². The fraction of sp³-hybridized carbons (Fsp3) is 0.400. The number of benzene rings is 1. The van der Waals surface area contributed by atoms with Crippen LogP contribution in [-0.4, -0.2) is 45.0 Å². The minimum absolute atomic E-state index is 0.0251. The number of methoxy groups -OCH3 is 1. The summed E-state index contributed by atoms with van der Waals surface area (Å²) < 4.78 is 23.0. The summed E-state index contributed by atoms with van der Waals surface area (Å²) in [7, 11) is 0.839. The lowest BCUT2D eigenvalue weighted by molar-refractivity contribution is 0.218. The average molecular weight is 375 g/mol. The van der Waals surface area contributed by atoms with Crippen LogP contribution in [0.5, 0.6) is 11.5 Å². The molecule has 1 unspecified atom stereocenters. The lowest BCUT2D eigenvalue weighted by Crippen LogP contribution is -2.20. The third-order valence-corrected chi connectivity index (χ3v) is 5.96. The first-order valence-corrected chi connectivity index (χ1v) is 10.2. The molecule has 0 aliphatic carbocycles. The third-order valence-electron chi connectivity index (χ3n) is 4.52. The number of aliphatic hydroxyl groups is 1. The molecule has 0 saturated carbocycles. The smallest absolute Gasteiger partial charge is 0.162 e. The predicted molar refractivity (Wildman–Crippen MR) is 104 cm³/mol. The monoisotopic (exact) mass is 375 g/mol. The maximum absolute atomic E-state index is 11.6. The molecule has 0 bridgehead atoms. The topological polar surface area (TPSA) is 59.0 Å². The molecule has 1 N–H and O–H groups in total. The van der Waals surface area contributed by atoms with E-state index in [4.69, 9.17) is 9.47 Å². The molecular weight excluding hydrogens is 350 g/mol. The first-order valence-electron chi connectivity index (χ1n) is 8.68. The molecule has 26 heavy (non-hydrogen) atoms. The second kappa shape index (κ2) is 8.10. The average Bonchev–Trinajstić information content (AvgIpc) is 2.99. The minimum Gasteiger partial charge on any atom is -0.493 e. The summed E-state index contributed by atoms with van der Waals surface area (Å²) in [4.78, 5) is 2.03. The van der Waals surface area contributed by atoms with Gasteiger partial charge in [0.15, 0.2) is 11.5 Å². The molecule has 2 aliphatic heterocycles. The number of aliphatic hydroxyl groups excluding tert-OH is 1. The Morgan fingerprint density at radius 1 is 1.23 bits per heavy atom. The highest BCUT2D eigenvalue weighted by Gasteiger charge is 2.23. The number of hydrogen-bond acceptors (Lipinski definition) is 5. The fourth-order valence-electron chi connectivity index (χ4n) is 3.18. The van der Waals surface area contributed by atoms with Crippen LogP contribution in [0.2, 0.25) is 0 Å². The van der Waals surface area contributed by atoms with Gasteiger partial charge in [-0.3, -0.25) is 4.21 Å². The third kappa shape index (κ3) is 4.37. The summed E-state index contributed by atoms with van der Waals surface area (Å²) in [6.07, 6.45) is 7.83. The Hall–Kier alpha value is -2.05. The molecule has 1 aromatic carbocycles. The molecule has 1 saturated heterocycles. The standard InChI is InChI=1S/C20H25NO4S/c1-14-10-17(22)11-15(2)21(14)8-6-16-4-5-19(24-3)20(12-16)25-18-7-9-26(23)13-18/h4-6,8,10-12,17-18,22H,7,9,13H2,1-3H3/b8-6+/t18-,26?/m0/s1. The van der Waals surface area contributed by atoms with Crippen LogP contribution in [0.3, 0.4) is 0 Å². The van der Waals surface area contributed by atoms with Crippen molar-refractivity contribution in [1.82, 2.24) is 4.90 Å². The van der Waals surface area contributed by atoms with Crippen LogP contribution in [0.25, 0.3) is 6.08 Å². The summed E-state index contributed by atoms with van der Waals surface area (Å²) in [5.74, 6) is 2.62. The number of allylic oxidation sites excluding steroid dienone is 2. The molecule has 0 aromatic heterocycles. The van der Waals surface area contributed by atoms with Gasteiger partial charge in [0, 0.05) is 34.1 Å². The quantitative estimate of drug-likeness (QED) is 0.857. The van der Waals surface area contributed by atoms with Crippen LogP contribution in [0.4, 0.5) is 0 Å². The zero-order valence-corrected chi connectivity index (χ0v) is 16.2. The van der Waals surface area contributed by atoms with E-state index < -0.39 is 16.9 Å². The van der Waals surface area contributed by atoms with Crippen LogP contribution in [-0.2, 0) is 10.8 Å². The van der Waals surface area contributed by atoms with E-state index in [1.54, 1.807) is 19.3 Å². The lowest BCUT2D eigenvalue weighted by atomic mass is 10.1. The molecule has 140 valence electrons. The molecule has 0 amide bonds. The van der Waals surface area contributed by atoms with E-state index in [0.29, 0.717) is 23.0 Å². The number of rotatable bonds is 5. The van der Waals surface area contributed by atoms with E-state index in [0.717, 1.165) is 23.4 Å². The number of nitrogens with zero attached hydrogens (tertiary/aromatic N) is 1. The van der Waals surface area contributed by atoms with Gasteiger partial charge < -0.3 is 19.5 Å². The van der Waals surface area contributed by atoms with Crippen molar-refractivity contribution in [3.63, 3.8) is 0 Å². The van der Waals surface area contributed by atoms with Crippen molar-refractivity contribution < 1.29 is 18.8 Å². The second-order valence-electron chi connectivity index (χ2n) is 6.54.